The van der Waals surface area contributed by atoms with Crippen LogP contribution in [-0.2, 0) is 4.74 Å². The molecule has 0 saturated carbocycles. The molecule has 11 heavy (non-hydrogen) atoms. The highest BCUT2D eigenvalue weighted by Crippen LogP contribution is 2.36. The lowest BCUT2D eigenvalue weighted by Crippen LogP contribution is -1.81. The molecular formula is C8H6BrClO. The van der Waals surface area contributed by atoms with E-state index in [1.54, 1.807) is 0 Å². The molecule has 1 aliphatic rings. The molecule has 2 rings (SSSR count). The van der Waals surface area contributed by atoms with Gasteiger partial charge in [0.15, 0.2) is 0 Å². The van der Waals surface area contributed by atoms with Crippen LogP contribution in [0, 0.1) is 0 Å². The molecule has 0 radical (unpaired) electrons. The zero-order chi connectivity index (χ0) is 7.84. The van der Waals surface area contributed by atoms with Crippen molar-refractivity contribution >= 4 is 27.5 Å². The lowest BCUT2D eigenvalue weighted by atomic mass is 10.2. The molecule has 0 amide bonds. The zero-order valence-corrected chi connectivity index (χ0v) is 8.02. The predicted molar refractivity (Wildman–Crippen MR) is 47.8 cm³/mol. The summed E-state index contributed by atoms with van der Waals surface area (Å²) in [7, 11) is 0. The Morgan fingerprint density at radius 3 is 2.91 bits per heavy atom. The van der Waals surface area contributed by atoms with Crippen molar-refractivity contribution in [2.24, 2.45) is 0 Å². The molecule has 3 heteroatoms. The van der Waals surface area contributed by atoms with Gasteiger partial charge in [-0.15, -0.1) is 0 Å². The smallest absolute Gasteiger partial charge is 0.107 e. The number of hydrogen-bond donors (Lipinski definition) is 0. The number of rotatable bonds is 1. The van der Waals surface area contributed by atoms with Crippen LogP contribution >= 0.6 is 27.5 Å². The number of benzene rings is 1. The first-order valence-corrected chi connectivity index (χ1v) is 4.51. The molecule has 0 bridgehead atoms. The van der Waals surface area contributed by atoms with Gasteiger partial charge in [-0.2, -0.15) is 0 Å². The highest BCUT2D eigenvalue weighted by molar-refractivity contribution is 9.10. The van der Waals surface area contributed by atoms with Gasteiger partial charge in [0, 0.05) is 9.50 Å². The van der Waals surface area contributed by atoms with Crippen LogP contribution in [0.25, 0.3) is 0 Å². The summed E-state index contributed by atoms with van der Waals surface area (Å²) in [5, 5.41) is 0.763. The highest BCUT2D eigenvalue weighted by Gasteiger charge is 2.26. The largest absolute Gasteiger partial charge is 0.368 e. The van der Waals surface area contributed by atoms with E-state index in [-0.39, 0.29) is 6.10 Å². The number of ether oxygens (including phenoxy) is 1. The van der Waals surface area contributed by atoms with Crippen LogP contribution in [0.2, 0.25) is 5.02 Å². The second-order valence-electron chi connectivity index (χ2n) is 2.49. The van der Waals surface area contributed by atoms with Gasteiger partial charge in [-0.05, 0) is 23.8 Å². The van der Waals surface area contributed by atoms with Gasteiger partial charge in [-0.1, -0.05) is 27.5 Å². The van der Waals surface area contributed by atoms with Gasteiger partial charge in [0.25, 0.3) is 0 Å². The Balaban J connectivity index is 2.42. The van der Waals surface area contributed by atoms with Crippen LogP contribution < -0.4 is 0 Å². The fourth-order valence-corrected chi connectivity index (χ4v) is 1.67. The maximum Gasteiger partial charge on any atom is 0.107 e. The van der Waals surface area contributed by atoms with Gasteiger partial charge in [0.1, 0.15) is 6.10 Å². The van der Waals surface area contributed by atoms with Gasteiger partial charge >= 0.3 is 0 Å². The van der Waals surface area contributed by atoms with Crippen molar-refractivity contribution in [2.75, 3.05) is 6.61 Å². The summed E-state index contributed by atoms with van der Waals surface area (Å²) in [6.07, 6.45) is 0.267. The topological polar surface area (TPSA) is 12.5 Å². The Morgan fingerprint density at radius 2 is 2.27 bits per heavy atom. The van der Waals surface area contributed by atoms with E-state index in [1.807, 2.05) is 18.2 Å². The van der Waals surface area contributed by atoms with E-state index in [0.29, 0.717) is 0 Å². The molecule has 1 aliphatic heterocycles. The maximum atomic E-state index is 5.81. The summed E-state index contributed by atoms with van der Waals surface area (Å²) in [5.41, 5.74) is 1.15. The summed E-state index contributed by atoms with van der Waals surface area (Å²) in [4.78, 5) is 0. The Morgan fingerprint density at radius 1 is 1.55 bits per heavy atom. The second-order valence-corrected chi connectivity index (χ2v) is 3.78. The lowest BCUT2D eigenvalue weighted by molar-refractivity contribution is 0.415. The maximum absolute atomic E-state index is 5.81. The average molecular weight is 233 g/mol. The number of halogens is 2. The molecule has 0 N–H and O–H groups in total. The third-order valence-corrected chi connectivity index (χ3v) is 2.60. The zero-order valence-electron chi connectivity index (χ0n) is 5.68. The van der Waals surface area contributed by atoms with Crippen LogP contribution in [0.3, 0.4) is 0 Å². The minimum absolute atomic E-state index is 0.267. The van der Waals surface area contributed by atoms with Crippen molar-refractivity contribution < 1.29 is 4.74 Å². The third kappa shape index (κ3) is 1.58. The molecule has 1 aromatic rings. The van der Waals surface area contributed by atoms with Crippen molar-refractivity contribution in [3.63, 3.8) is 0 Å². The van der Waals surface area contributed by atoms with E-state index < -0.39 is 0 Å². The molecule has 1 fully saturated rings. The van der Waals surface area contributed by atoms with Gasteiger partial charge in [-0.25, -0.2) is 0 Å². The van der Waals surface area contributed by atoms with E-state index in [4.69, 9.17) is 16.3 Å². The van der Waals surface area contributed by atoms with E-state index >= 15 is 0 Å². The van der Waals surface area contributed by atoms with Crippen LogP contribution in [0.15, 0.2) is 22.7 Å². The minimum atomic E-state index is 0.267. The van der Waals surface area contributed by atoms with Crippen molar-refractivity contribution in [1.29, 1.82) is 0 Å². The molecule has 1 saturated heterocycles. The molecular weight excluding hydrogens is 227 g/mol. The van der Waals surface area contributed by atoms with Crippen molar-refractivity contribution in [2.45, 2.75) is 6.10 Å². The summed E-state index contributed by atoms with van der Waals surface area (Å²) >= 11 is 9.24. The average Bonchev–Trinajstić information content (AvgIpc) is 2.76. The Hall–Kier alpha value is -0.0500. The summed E-state index contributed by atoms with van der Waals surface area (Å²) in [6.45, 7) is 0.818. The van der Waals surface area contributed by atoms with Crippen molar-refractivity contribution in [3.8, 4) is 0 Å². The van der Waals surface area contributed by atoms with Crippen LogP contribution in [0.5, 0.6) is 0 Å². The quantitative estimate of drug-likeness (QED) is 0.679. The second kappa shape index (κ2) is 2.77. The normalized spacial score (nSPS) is 21.8. The van der Waals surface area contributed by atoms with Gasteiger partial charge in [0.2, 0.25) is 0 Å². The van der Waals surface area contributed by atoms with E-state index in [9.17, 15) is 0 Å². The molecule has 0 aromatic heterocycles. The summed E-state index contributed by atoms with van der Waals surface area (Å²) in [5.74, 6) is 0. The van der Waals surface area contributed by atoms with Crippen molar-refractivity contribution in [1.82, 2.24) is 0 Å². The van der Waals surface area contributed by atoms with Crippen molar-refractivity contribution in [3.05, 3.63) is 33.3 Å². The monoisotopic (exact) mass is 232 g/mol. The fourth-order valence-electron chi connectivity index (χ4n) is 0.989. The SMILES string of the molecule is Clc1ccc(Br)c([C@H]2CO2)c1. The highest BCUT2D eigenvalue weighted by atomic mass is 79.9. The molecule has 1 atom stereocenters. The first-order valence-electron chi connectivity index (χ1n) is 3.34. The molecule has 1 aromatic carbocycles. The van der Waals surface area contributed by atoms with Crippen LogP contribution in [0.4, 0.5) is 0 Å². The minimum Gasteiger partial charge on any atom is -0.368 e. The Labute approximate surface area is 78.4 Å². The van der Waals surface area contributed by atoms with Crippen LogP contribution in [-0.4, -0.2) is 6.61 Å². The third-order valence-electron chi connectivity index (χ3n) is 1.64. The summed E-state index contributed by atoms with van der Waals surface area (Å²) < 4.78 is 6.22. The molecule has 1 heterocycles. The predicted octanol–water partition coefficient (Wildman–Crippen LogP) is 3.17. The standard InChI is InChI=1S/C8H6BrClO/c9-7-2-1-5(10)3-6(7)8-4-11-8/h1-3,8H,4H2/t8-/m1/s1. The lowest BCUT2D eigenvalue weighted by Gasteiger charge is -1.99. The van der Waals surface area contributed by atoms with E-state index in [2.05, 4.69) is 15.9 Å². The number of hydrogen-bond acceptors (Lipinski definition) is 1. The van der Waals surface area contributed by atoms with E-state index in [0.717, 1.165) is 21.7 Å². The molecule has 0 aliphatic carbocycles. The Bertz CT molecular complexity index is 283. The molecule has 0 unspecified atom stereocenters. The van der Waals surface area contributed by atoms with Crippen LogP contribution in [0.1, 0.15) is 11.7 Å². The van der Waals surface area contributed by atoms with Gasteiger partial charge in [0.05, 0.1) is 6.61 Å². The number of epoxide rings is 1. The van der Waals surface area contributed by atoms with E-state index in [1.165, 1.54) is 0 Å². The first-order chi connectivity index (χ1) is 5.27. The Kier molecular flexibility index (Phi) is 1.91. The molecule has 58 valence electrons. The fraction of sp³-hybridized carbons (Fsp3) is 0.250. The first kappa shape index (κ1) is 7.59. The summed E-state index contributed by atoms with van der Waals surface area (Å²) in [6, 6.07) is 5.74. The molecule has 1 nitrogen and oxygen atoms in total. The van der Waals surface area contributed by atoms with Gasteiger partial charge in [-0.3, -0.25) is 0 Å². The molecule has 0 spiro atoms. The van der Waals surface area contributed by atoms with Gasteiger partial charge < -0.3 is 4.74 Å².